The predicted molar refractivity (Wildman–Crippen MR) is 59.0 cm³/mol. The lowest BCUT2D eigenvalue weighted by atomic mass is 9.78. The summed E-state index contributed by atoms with van der Waals surface area (Å²) in [4.78, 5) is 15.7. The second-order valence-electron chi connectivity index (χ2n) is 3.96. The summed E-state index contributed by atoms with van der Waals surface area (Å²) in [5.41, 5.74) is 0.419. The molecule has 1 amide bonds. The zero-order chi connectivity index (χ0) is 10.7. The number of halogens is 1. The highest BCUT2D eigenvalue weighted by Gasteiger charge is 2.37. The van der Waals surface area contributed by atoms with E-state index in [-0.39, 0.29) is 11.4 Å². The Morgan fingerprint density at radius 1 is 1.60 bits per heavy atom. The molecule has 0 radical (unpaired) electrons. The van der Waals surface area contributed by atoms with Crippen LogP contribution in [0.5, 0.6) is 0 Å². The third-order valence-corrected chi connectivity index (χ3v) is 3.38. The van der Waals surface area contributed by atoms with Crippen molar-refractivity contribution in [3.05, 3.63) is 30.1 Å². The first-order valence-corrected chi connectivity index (χ1v) is 5.58. The molecule has 15 heavy (non-hydrogen) atoms. The first kappa shape index (κ1) is 10.4. The van der Waals surface area contributed by atoms with Crippen LogP contribution in [0.25, 0.3) is 0 Å². The number of pyridine rings is 1. The molecule has 1 aromatic rings. The van der Waals surface area contributed by atoms with Crippen LogP contribution in [0.2, 0.25) is 0 Å². The van der Waals surface area contributed by atoms with Crippen LogP contribution in [0.3, 0.4) is 0 Å². The third-order valence-electron chi connectivity index (χ3n) is 2.87. The van der Waals surface area contributed by atoms with Gasteiger partial charge >= 0.3 is 0 Å². The Morgan fingerprint density at radius 2 is 2.40 bits per heavy atom. The molecule has 1 heterocycles. The molecule has 1 aliphatic carbocycles. The van der Waals surface area contributed by atoms with Gasteiger partial charge in [-0.15, -0.1) is 11.6 Å². The summed E-state index contributed by atoms with van der Waals surface area (Å²) in [6.07, 6.45) is 6.30. The molecule has 1 aliphatic rings. The van der Waals surface area contributed by atoms with E-state index in [0.29, 0.717) is 11.4 Å². The smallest absolute Gasteiger partial charge is 0.253 e. The number of rotatable bonds is 3. The minimum Gasteiger partial charge on any atom is -0.345 e. The quantitative estimate of drug-likeness (QED) is 0.798. The van der Waals surface area contributed by atoms with E-state index < -0.39 is 0 Å². The Hall–Kier alpha value is -1.09. The molecular formula is C11H13ClN2O. The van der Waals surface area contributed by atoms with Gasteiger partial charge in [0, 0.05) is 18.3 Å². The molecule has 0 aliphatic heterocycles. The minimum absolute atomic E-state index is 0.0801. The molecule has 80 valence electrons. The van der Waals surface area contributed by atoms with Crippen molar-refractivity contribution in [2.75, 3.05) is 5.88 Å². The van der Waals surface area contributed by atoms with E-state index in [1.54, 1.807) is 24.5 Å². The van der Waals surface area contributed by atoms with Crippen molar-refractivity contribution in [3.63, 3.8) is 0 Å². The molecule has 1 aromatic heterocycles. The maximum Gasteiger partial charge on any atom is 0.253 e. The summed E-state index contributed by atoms with van der Waals surface area (Å²) in [5.74, 6) is 0.405. The van der Waals surface area contributed by atoms with Gasteiger partial charge in [-0.3, -0.25) is 9.78 Å². The van der Waals surface area contributed by atoms with Crippen molar-refractivity contribution < 1.29 is 4.79 Å². The monoisotopic (exact) mass is 224 g/mol. The molecule has 0 atom stereocenters. The van der Waals surface area contributed by atoms with Crippen LogP contribution in [0, 0.1) is 0 Å². The fraction of sp³-hybridized carbons (Fsp3) is 0.455. The van der Waals surface area contributed by atoms with E-state index >= 15 is 0 Å². The van der Waals surface area contributed by atoms with Crippen LogP contribution in [-0.4, -0.2) is 22.3 Å². The van der Waals surface area contributed by atoms with E-state index in [1.807, 2.05) is 0 Å². The molecule has 0 saturated heterocycles. The highest BCUT2D eigenvalue weighted by Crippen LogP contribution is 2.33. The lowest BCUT2D eigenvalue weighted by Crippen LogP contribution is -2.55. The number of nitrogens with zero attached hydrogens (tertiary/aromatic N) is 1. The number of carbonyl (C=O) groups excluding carboxylic acids is 1. The molecule has 4 heteroatoms. The van der Waals surface area contributed by atoms with Crippen LogP contribution in [0.4, 0.5) is 0 Å². The van der Waals surface area contributed by atoms with Gasteiger partial charge < -0.3 is 5.32 Å². The molecule has 3 nitrogen and oxygen atoms in total. The van der Waals surface area contributed by atoms with Crippen LogP contribution in [0.1, 0.15) is 29.6 Å². The summed E-state index contributed by atoms with van der Waals surface area (Å²) in [6, 6.07) is 3.51. The van der Waals surface area contributed by atoms with Crippen molar-refractivity contribution in [1.82, 2.24) is 10.3 Å². The first-order chi connectivity index (χ1) is 7.26. The Kier molecular flexibility index (Phi) is 2.91. The van der Waals surface area contributed by atoms with Crippen LogP contribution in [0.15, 0.2) is 24.5 Å². The minimum atomic E-state index is -0.172. The SMILES string of the molecule is O=C(NC1(CCl)CCC1)c1cccnc1. The number of nitrogens with one attached hydrogen (secondary N) is 1. The van der Waals surface area contributed by atoms with Crippen molar-refractivity contribution in [2.24, 2.45) is 0 Å². The lowest BCUT2D eigenvalue weighted by molar-refractivity contribution is 0.0853. The zero-order valence-corrected chi connectivity index (χ0v) is 9.13. The molecule has 1 N–H and O–H groups in total. The van der Waals surface area contributed by atoms with Gasteiger partial charge in [0.1, 0.15) is 0 Å². The van der Waals surface area contributed by atoms with Gasteiger partial charge in [-0.1, -0.05) is 0 Å². The van der Waals surface area contributed by atoms with Gasteiger partial charge in [-0.2, -0.15) is 0 Å². The molecule has 1 fully saturated rings. The topological polar surface area (TPSA) is 42.0 Å². The van der Waals surface area contributed by atoms with E-state index in [0.717, 1.165) is 19.3 Å². The van der Waals surface area contributed by atoms with Gasteiger partial charge in [0.05, 0.1) is 11.1 Å². The second-order valence-corrected chi connectivity index (χ2v) is 4.23. The molecule has 0 bridgehead atoms. The van der Waals surface area contributed by atoms with Crippen molar-refractivity contribution in [1.29, 1.82) is 0 Å². The molecule has 0 aromatic carbocycles. The fourth-order valence-corrected chi connectivity index (χ4v) is 2.04. The highest BCUT2D eigenvalue weighted by molar-refractivity contribution is 6.19. The van der Waals surface area contributed by atoms with Gasteiger partial charge in [0.2, 0.25) is 0 Å². The summed E-state index contributed by atoms with van der Waals surface area (Å²) >= 11 is 5.86. The highest BCUT2D eigenvalue weighted by atomic mass is 35.5. The van der Waals surface area contributed by atoms with Gasteiger partial charge in [-0.05, 0) is 31.4 Å². The molecule has 2 rings (SSSR count). The van der Waals surface area contributed by atoms with E-state index in [9.17, 15) is 4.79 Å². The van der Waals surface area contributed by atoms with E-state index in [2.05, 4.69) is 10.3 Å². The van der Waals surface area contributed by atoms with Gasteiger partial charge in [0.15, 0.2) is 0 Å². The number of carbonyl (C=O) groups is 1. The standard InChI is InChI=1S/C11H13ClN2O/c12-8-11(4-2-5-11)14-10(15)9-3-1-6-13-7-9/h1,3,6-7H,2,4-5,8H2,(H,14,15). The van der Waals surface area contributed by atoms with Crippen LogP contribution < -0.4 is 5.32 Å². The zero-order valence-electron chi connectivity index (χ0n) is 8.37. The Balaban J connectivity index is 2.04. The number of aromatic nitrogens is 1. The van der Waals surface area contributed by atoms with E-state index in [4.69, 9.17) is 11.6 Å². The Bertz CT molecular complexity index is 343. The van der Waals surface area contributed by atoms with Crippen molar-refractivity contribution >= 4 is 17.5 Å². The van der Waals surface area contributed by atoms with Gasteiger partial charge in [0.25, 0.3) is 5.91 Å². The summed E-state index contributed by atoms with van der Waals surface area (Å²) in [6.45, 7) is 0. The average molecular weight is 225 g/mol. The number of alkyl halides is 1. The summed E-state index contributed by atoms with van der Waals surface area (Å²) in [7, 11) is 0. The molecule has 0 unspecified atom stereocenters. The molecule has 1 saturated carbocycles. The van der Waals surface area contributed by atoms with Crippen molar-refractivity contribution in [3.8, 4) is 0 Å². The number of hydrogen-bond acceptors (Lipinski definition) is 2. The van der Waals surface area contributed by atoms with E-state index in [1.165, 1.54) is 0 Å². The largest absolute Gasteiger partial charge is 0.345 e. The van der Waals surface area contributed by atoms with Crippen LogP contribution in [-0.2, 0) is 0 Å². The number of hydrogen-bond donors (Lipinski definition) is 1. The maximum atomic E-state index is 11.8. The average Bonchev–Trinajstić information content (AvgIpc) is 2.24. The Morgan fingerprint density at radius 3 is 2.87 bits per heavy atom. The molecular weight excluding hydrogens is 212 g/mol. The fourth-order valence-electron chi connectivity index (χ4n) is 1.71. The summed E-state index contributed by atoms with van der Waals surface area (Å²) in [5, 5.41) is 2.98. The summed E-state index contributed by atoms with van der Waals surface area (Å²) < 4.78 is 0. The third kappa shape index (κ3) is 2.12. The lowest BCUT2D eigenvalue weighted by Gasteiger charge is -2.40. The van der Waals surface area contributed by atoms with Crippen LogP contribution >= 0.6 is 11.6 Å². The number of amides is 1. The predicted octanol–water partition coefficient (Wildman–Crippen LogP) is 1.97. The maximum absolute atomic E-state index is 11.8. The second kappa shape index (κ2) is 4.19. The van der Waals surface area contributed by atoms with Gasteiger partial charge in [-0.25, -0.2) is 0 Å². The normalized spacial score (nSPS) is 17.9. The molecule has 0 spiro atoms. The Labute approximate surface area is 93.8 Å². The van der Waals surface area contributed by atoms with Crippen molar-refractivity contribution in [2.45, 2.75) is 24.8 Å². The first-order valence-electron chi connectivity index (χ1n) is 5.04.